The van der Waals surface area contributed by atoms with Crippen LogP contribution < -0.4 is 4.90 Å². The number of unbranched alkanes of at least 4 members (excludes halogenated alkanes) is 1. The number of halogens is 1. The van der Waals surface area contributed by atoms with Gasteiger partial charge in [-0.2, -0.15) is 0 Å². The van der Waals surface area contributed by atoms with E-state index in [9.17, 15) is 4.39 Å². The highest BCUT2D eigenvalue weighted by Crippen LogP contribution is 2.25. The lowest BCUT2D eigenvalue weighted by molar-refractivity contribution is 0.367. The smallest absolute Gasteiger partial charge is 0.225 e. The van der Waals surface area contributed by atoms with Crippen LogP contribution in [0, 0.1) is 11.7 Å². The molecular weight excluding hydrogens is 361 g/mol. The fraction of sp³-hybridized carbons (Fsp3) is 0.520. The molecule has 2 aromatic rings. The SMILES string of the molecule is C=C(C)Cc1ccc(CCCCC2CCN(c3ncc(CC)cn3)CC2)cc1F. The summed E-state index contributed by atoms with van der Waals surface area (Å²) in [6, 6.07) is 5.70. The van der Waals surface area contributed by atoms with E-state index < -0.39 is 0 Å². The predicted octanol–water partition coefficient (Wildman–Crippen LogP) is 5.93. The lowest BCUT2D eigenvalue weighted by atomic mass is 9.91. The maximum absolute atomic E-state index is 14.2. The molecule has 1 aromatic carbocycles. The Labute approximate surface area is 175 Å². The molecule has 156 valence electrons. The van der Waals surface area contributed by atoms with Gasteiger partial charge in [-0.05, 0) is 74.1 Å². The molecule has 29 heavy (non-hydrogen) atoms. The molecule has 1 aliphatic rings. The second-order valence-electron chi connectivity index (χ2n) is 8.48. The average Bonchev–Trinajstić information content (AvgIpc) is 2.73. The van der Waals surface area contributed by atoms with E-state index in [0.717, 1.165) is 60.9 Å². The van der Waals surface area contributed by atoms with Gasteiger partial charge in [0.25, 0.3) is 0 Å². The molecule has 0 atom stereocenters. The van der Waals surface area contributed by atoms with Crippen molar-refractivity contribution in [2.45, 2.75) is 65.2 Å². The zero-order valence-corrected chi connectivity index (χ0v) is 18.0. The molecular formula is C25H34FN3. The Kier molecular flexibility index (Phi) is 7.79. The molecule has 1 aromatic heterocycles. The Bertz CT molecular complexity index is 792. The molecule has 1 saturated heterocycles. The van der Waals surface area contributed by atoms with Crippen LogP contribution >= 0.6 is 0 Å². The van der Waals surface area contributed by atoms with Crippen molar-refractivity contribution >= 4 is 5.95 Å². The fourth-order valence-electron chi connectivity index (χ4n) is 4.09. The average molecular weight is 396 g/mol. The summed E-state index contributed by atoms with van der Waals surface area (Å²) in [6.07, 6.45) is 12.5. The van der Waals surface area contributed by atoms with Crippen LogP contribution in [0.5, 0.6) is 0 Å². The number of aromatic nitrogens is 2. The molecule has 2 heterocycles. The van der Waals surface area contributed by atoms with Crippen molar-refractivity contribution in [1.29, 1.82) is 0 Å². The Balaban J connectivity index is 1.36. The van der Waals surface area contributed by atoms with E-state index in [1.807, 2.05) is 25.4 Å². The largest absolute Gasteiger partial charge is 0.341 e. The number of hydrogen-bond acceptors (Lipinski definition) is 3. The number of allylic oxidation sites excluding steroid dienone is 1. The molecule has 0 amide bonds. The minimum absolute atomic E-state index is 0.0907. The molecule has 1 aliphatic heterocycles. The van der Waals surface area contributed by atoms with Crippen molar-refractivity contribution in [3.8, 4) is 0 Å². The van der Waals surface area contributed by atoms with Crippen molar-refractivity contribution in [3.63, 3.8) is 0 Å². The van der Waals surface area contributed by atoms with E-state index in [1.54, 1.807) is 6.07 Å². The second-order valence-corrected chi connectivity index (χ2v) is 8.48. The summed E-state index contributed by atoms with van der Waals surface area (Å²) in [6.45, 7) is 10.0. The monoisotopic (exact) mass is 395 g/mol. The standard InChI is InChI=1S/C25H34FN3/c1-4-20-17-27-25(28-18-20)29-13-11-21(12-14-29)7-5-6-8-22-9-10-23(15-19(2)3)24(26)16-22/h9-10,16-18,21H,2,4-8,11-15H2,1,3H3. The molecule has 0 saturated carbocycles. The summed E-state index contributed by atoms with van der Waals surface area (Å²) in [4.78, 5) is 11.3. The number of rotatable bonds is 9. The third-order valence-electron chi connectivity index (χ3n) is 5.93. The topological polar surface area (TPSA) is 29.0 Å². The summed E-state index contributed by atoms with van der Waals surface area (Å²) in [7, 11) is 0. The molecule has 3 nitrogen and oxygen atoms in total. The van der Waals surface area contributed by atoms with Gasteiger partial charge in [-0.3, -0.25) is 0 Å². The first-order valence-electron chi connectivity index (χ1n) is 11.0. The second kappa shape index (κ2) is 10.5. The van der Waals surface area contributed by atoms with Gasteiger partial charge in [-0.1, -0.05) is 44.1 Å². The van der Waals surface area contributed by atoms with E-state index in [2.05, 4.69) is 34.4 Å². The van der Waals surface area contributed by atoms with Gasteiger partial charge in [0.1, 0.15) is 5.82 Å². The Morgan fingerprint density at radius 1 is 1.14 bits per heavy atom. The zero-order chi connectivity index (χ0) is 20.6. The van der Waals surface area contributed by atoms with Crippen LogP contribution in [0.15, 0.2) is 42.7 Å². The molecule has 0 radical (unpaired) electrons. The lowest BCUT2D eigenvalue weighted by Gasteiger charge is -2.32. The maximum Gasteiger partial charge on any atom is 0.225 e. The molecule has 0 aliphatic carbocycles. The maximum atomic E-state index is 14.2. The molecule has 3 rings (SSSR count). The number of piperidine rings is 1. The van der Waals surface area contributed by atoms with Gasteiger partial charge in [0.15, 0.2) is 0 Å². The Hall–Kier alpha value is -2.23. The normalized spacial score (nSPS) is 14.9. The van der Waals surface area contributed by atoms with Gasteiger partial charge in [0.2, 0.25) is 5.95 Å². The zero-order valence-electron chi connectivity index (χ0n) is 18.0. The van der Waals surface area contributed by atoms with Crippen LogP contribution in [-0.4, -0.2) is 23.1 Å². The summed E-state index contributed by atoms with van der Waals surface area (Å²) in [5.74, 6) is 1.57. The third-order valence-corrected chi connectivity index (χ3v) is 5.93. The quantitative estimate of drug-likeness (QED) is 0.389. The van der Waals surface area contributed by atoms with Gasteiger partial charge in [-0.25, -0.2) is 14.4 Å². The van der Waals surface area contributed by atoms with E-state index in [1.165, 1.54) is 31.2 Å². The highest BCUT2D eigenvalue weighted by Gasteiger charge is 2.20. The van der Waals surface area contributed by atoms with Crippen LogP contribution in [0.1, 0.15) is 62.6 Å². The minimum Gasteiger partial charge on any atom is -0.341 e. The van der Waals surface area contributed by atoms with Crippen LogP contribution in [0.25, 0.3) is 0 Å². The van der Waals surface area contributed by atoms with E-state index in [4.69, 9.17) is 0 Å². The Morgan fingerprint density at radius 2 is 1.86 bits per heavy atom. The lowest BCUT2D eigenvalue weighted by Crippen LogP contribution is -2.34. The number of hydrogen-bond donors (Lipinski definition) is 0. The van der Waals surface area contributed by atoms with E-state index >= 15 is 0 Å². The van der Waals surface area contributed by atoms with Crippen LogP contribution in [0.3, 0.4) is 0 Å². The highest BCUT2D eigenvalue weighted by atomic mass is 19.1. The first-order valence-corrected chi connectivity index (χ1v) is 11.0. The Morgan fingerprint density at radius 3 is 2.48 bits per heavy atom. The predicted molar refractivity (Wildman–Crippen MR) is 119 cm³/mol. The van der Waals surface area contributed by atoms with Crippen molar-refractivity contribution in [2.24, 2.45) is 5.92 Å². The van der Waals surface area contributed by atoms with E-state index in [-0.39, 0.29) is 5.82 Å². The van der Waals surface area contributed by atoms with Crippen molar-refractivity contribution in [3.05, 3.63) is 65.3 Å². The molecule has 0 N–H and O–H groups in total. The van der Waals surface area contributed by atoms with Gasteiger partial charge in [0, 0.05) is 25.5 Å². The van der Waals surface area contributed by atoms with Crippen LogP contribution in [-0.2, 0) is 19.3 Å². The van der Waals surface area contributed by atoms with E-state index in [0.29, 0.717) is 6.42 Å². The van der Waals surface area contributed by atoms with Gasteiger partial charge < -0.3 is 4.90 Å². The number of benzene rings is 1. The van der Waals surface area contributed by atoms with Gasteiger partial charge in [0.05, 0.1) is 0 Å². The van der Waals surface area contributed by atoms with Gasteiger partial charge in [-0.15, -0.1) is 0 Å². The van der Waals surface area contributed by atoms with Crippen molar-refractivity contribution in [2.75, 3.05) is 18.0 Å². The van der Waals surface area contributed by atoms with Crippen LogP contribution in [0.2, 0.25) is 0 Å². The molecule has 1 fully saturated rings. The third kappa shape index (κ3) is 6.38. The molecule has 0 spiro atoms. The molecule has 0 bridgehead atoms. The number of nitrogens with zero attached hydrogens (tertiary/aromatic N) is 3. The molecule has 0 unspecified atom stereocenters. The summed E-state index contributed by atoms with van der Waals surface area (Å²) in [5.41, 5.74) is 4.04. The highest BCUT2D eigenvalue weighted by molar-refractivity contribution is 5.30. The molecule has 4 heteroatoms. The minimum atomic E-state index is -0.0907. The number of aryl methyl sites for hydroxylation is 2. The first kappa shape index (κ1) is 21.5. The summed E-state index contributed by atoms with van der Waals surface area (Å²) >= 11 is 0. The van der Waals surface area contributed by atoms with Gasteiger partial charge >= 0.3 is 0 Å². The van der Waals surface area contributed by atoms with Crippen LogP contribution in [0.4, 0.5) is 10.3 Å². The first-order chi connectivity index (χ1) is 14.0. The number of anilines is 1. The summed E-state index contributed by atoms with van der Waals surface area (Å²) < 4.78 is 14.2. The fourth-order valence-corrected chi connectivity index (χ4v) is 4.09. The van der Waals surface area contributed by atoms with Crippen molar-refractivity contribution in [1.82, 2.24) is 9.97 Å². The summed E-state index contributed by atoms with van der Waals surface area (Å²) in [5, 5.41) is 0. The van der Waals surface area contributed by atoms with Crippen molar-refractivity contribution < 1.29 is 4.39 Å².